The molecule has 1 fully saturated rings. The van der Waals surface area contributed by atoms with Crippen molar-refractivity contribution in [3.8, 4) is 0 Å². The van der Waals surface area contributed by atoms with Gasteiger partial charge in [-0.25, -0.2) is 0 Å². The minimum Gasteiger partial charge on any atom is -0.320 e. The summed E-state index contributed by atoms with van der Waals surface area (Å²) in [5, 5.41) is 0. The van der Waals surface area contributed by atoms with Gasteiger partial charge in [0.15, 0.2) is 12.4 Å². The first-order valence-electron chi connectivity index (χ1n) is 7.22. The van der Waals surface area contributed by atoms with Crippen LogP contribution in [0.3, 0.4) is 0 Å². The van der Waals surface area contributed by atoms with E-state index in [2.05, 4.69) is 37.7 Å². The van der Waals surface area contributed by atoms with Crippen LogP contribution in [0.2, 0.25) is 0 Å². The second-order valence-electron chi connectivity index (χ2n) is 6.05. The summed E-state index contributed by atoms with van der Waals surface area (Å²) in [4.78, 5) is 0. The maximum absolute atomic E-state index is 6.18. The van der Waals surface area contributed by atoms with Crippen molar-refractivity contribution in [2.24, 2.45) is 17.8 Å². The van der Waals surface area contributed by atoms with Gasteiger partial charge in [0.05, 0.1) is 6.10 Å². The summed E-state index contributed by atoms with van der Waals surface area (Å²) in [6.45, 7) is 7.68. The molecule has 3 unspecified atom stereocenters. The molecule has 2 nitrogen and oxygen atoms in total. The van der Waals surface area contributed by atoms with Gasteiger partial charge in [0.25, 0.3) is 6.73 Å². The average molecular weight is 248 g/mol. The van der Waals surface area contributed by atoms with Crippen molar-refractivity contribution in [3.05, 3.63) is 30.6 Å². The quantitative estimate of drug-likeness (QED) is 0.744. The van der Waals surface area contributed by atoms with Crippen LogP contribution in [0.15, 0.2) is 30.6 Å². The molecule has 1 heterocycles. The number of rotatable bonds is 4. The predicted octanol–water partition coefficient (Wildman–Crippen LogP) is 3.41. The van der Waals surface area contributed by atoms with E-state index in [9.17, 15) is 0 Å². The van der Waals surface area contributed by atoms with E-state index in [-0.39, 0.29) is 0 Å². The Balaban J connectivity index is 1.92. The predicted molar refractivity (Wildman–Crippen MR) is 72.9 cm³/mol. The molecule has 0 saturated heterocycles. The van der Waals surface area contributed by atoms with Gasteiger partial charge in [-0.15, -0.1) is 0 Å². The Hall–Kier alpha value is -0.890. The van der Waals surface area contributed by atoms with Crippen LogP contribution in [0.25, 0.3) is 0 Å². The highest BCUT2D eigenvalue weighted by atomic mass is 16.5. The van der Waals surface area contributed by atoms with E-state index in [0.29, 0.717) is 12.8 Å². The molecule has 1 aliphatic carbocycles. The van der Waals surface area contributed by atoms with Crippen molar-refractivity contribution < 1.29 is 9.30 Å². The standard InChI is InChI=1S/C16H26NO/c1-13(2)15-8-7-14(3)11-16(15)18-12-17-9-5-4-6-10-17/h4-6,9-10,13-16H,7-8,11-12H2,1-3H3/q+1. The molecule has 0 radical (unpaired) electrons. The minimum absolute atomic E-state index is 0.432. The Morgan fingerprint density at radius 1 is 1.17 bits per heavy atom. The second kappa shape index (κ2) is 6.33. The average Bonchev–Trinajstić information content (AvgIpc) is 2.37. The SMILES string of the molecule is CC1CCC(C(C)C)C(OC[n+]2ccccc2)C1. The molecule has 1 saturated carbocycles. The summed E-state index contributed by atoms with van der Waals surface area (Å²) in [7, 11) is 0. The zero-order valence-electron chi connectivity index (χ0n) is 11.9. The fourth-order valence-electron chi connectivity index (χ4n) is 3.01. The molecular formula is C16H26NO+. The van der Waals surface area contributed by atoms with E-state index in [4.69, 9.17) is 4.74 Å². The molecule has 1 aromatic rings. The molecule has 0 bridgehead atoms. The smallest absolute Gasteiger partial charge is 0.252 e. The molecule has 3 atom stereocenters. The summed E-state index contributed by atoms with van der Waals surface area (Å²) in [6, 6.07) is 6.13. The highest BCUT2D eigenvalue weighted by Crippen LogP contribution is 2.35. The second-order valence-corrected chi connectivity index (χ2v) is 6.05. The summed E-state index contributed by atoms with van der Waals surface area (Å²) in [6.07, 6.45) is 8.47. The third-order valence-electron chi connectivity index (χ3n) is 4.18. The van der Waals surface area contributed by atoms with Crippen LogP contribution >= 0.6 is 0 Å². The third-order valence-corrected chi connectivity index (χ3v) is 4.18. The van der Waals surface area contributed by atoms with E-state index in [1.54, 1.807) is 0 Å². The van der Waals surface area contributed by atoms with E-state index in [0.717, 1.165) is 17.8 Å². The molecule has 0 aliphatic heterocycles. The molecule has 0 N–H and O–H groups in total. The van der Waals surface area contributed by atoms with Gasteiger partial charge in [0.1, 0.15) is 0 Å². The number of nitrogens with zero attached hydrogens (tertiary/aromatic N) is 1. The lowest BCUT2D eigenvalue weighted by atomic mass is 9.75. The van der Waals surface area contributed by atoms with Gasteiger partial charge in [0, 0.05) is 12.1 Å². The fraction of sp³-hybridized carbons (Fsp3) is 0.688. The largest absolute Gasteiger partial charge is 0.320 e. The van der Waals surface area contributed by atoms with Gasteiger partial charge in [-0.2, -0.15) is 4.57 Å². The topological polar surface area (TPSA) is 13.1 Å². The van der Waals surface area contributed by atoms with Crippen molar-refractivity contribution in [3.63, 3.8) is 0 Å². The summed E-state index contributed by atoms with van der Waals surface area (Å²) in [5.74, 6) is 2.26. The van der Waals surface area contributed by atoms with Crippen LogP contribution < -0.4 is 4.57 Å². The number of pyridine rings is 1. The lowest BCUT2D eigenvalue weighted by molar-refractivity contribution is -0.735. The van der Waals surface area contributed by atoms with Crippen molar-refractivity contribution in [1.82, 2.24) is 0 Å². The van der Waals surface area contributed by atoms with Crippen LogP contribution in [0.1, 0.15) is 40.0 Å². The maximum atomic E-state index is 6.18. The summed E-state index contributed by atoms with van der Waals surface area (Å²) < 4.78 is 8.28. The van der Waals surface area contributed by atoms with Crippen LogP contribution in [0.5, 0.6) is 0 Å². The molecular weight excluding hydrogens is 222 g/mol. The summed E-state index contributed by atoms with van der Waals surface area (Å²) in [5.41, 5.74) is 0. The molecule has 100 valence electrons. The van der Waals surface area contributed by atoms with Gasteiger partial charge < -0.3 is 4.74 Å². The Kier molecular flexibility index (Phi) is 4.76. The highest BCUT2D eigenvalue weighted by Gasteiger charge is 2.31. The lowest BCUT2D eigenvalue weighted by Crippen LogP contribution is -2.41. The first-order chi connectivity index (χ1) is 8.66. The van der Waals surface area contributed by atoms with Gasteiger partial charge in [-0.3, -0.25) is 0 Å². The molecule has 1 aromatic heterocycles. The minimum atomic E-state index is 0.432. The van der Waals surface area contributed by atoms with Crippen molar-refractivity contribution in [1.29, 1.82) is 0 Å². The zero-order chi connectivity index (χ0) is 13.0. The van der Waals surface area contributed by atoms with Gasteiger partial charge in [-0.1, -0.05) is 33.3 Å². The summed E-state index contributed by atoms with van der Waals surface area (Å²) >= 11 is 0. The molecule has 0 aromatic carbocycles. The first kappa shape index (κ1) is 13.5. The van der Waals surface area contributed by atoms with Crippen molar-refractivity contribution in [2.45, 2.75) is 52.9 Å². The van der Waals surface area contributed by atoms with Crippen LogP contribution in [0.4, 0.5) is 0 Å². The Morgan fingerprint density at radius 3 is 2.56 bits per heavy atom. The highest BCUT2D eigenvalue weighted by molar-refractivity contribution is 4.83. The monoisotopic (exact) mass is 248 g/mol. The van der Waals surface area contributed by atoms with Crippen LogP contribution in [-0.4, -0.2) is 6.10 Å². The molecule has 2 heteroatoms. The van der Waals surface area contributed by atoms with E-state index in [1.807, 2.05) is 18.2 Å². The molecule has 1 aliphatic rings. The van der Waals surface area contributed by atoms with Crippen LogP contribution in [0, 0.1) is 17.8 Å². The van der Waals surface area contributed by atoms with Gasteiger partial charge >= 0.3 is 0 Å². The van der Waals surface area contributed by atoms with Gasteiger partial charge in [0.2, 0.25) is 0 Å². The Morgan fingerprint density at radius 2 is 1.89 bits per heavy atom. The first-order valence-corrected chi connectivity index (χ1v) is 7.22. The molecule has 0 spiro atoms. The number of aromatic nitrogens is 1. The Labute approximate surface area is 111 Å². The molecule has 18 heavy (non-hydrogen) atoms. The zero-order valence-corrected chi connectivity index (χ0v) is 11.9. The number of hydrogen-bond acceptors (Lipinski definition) is 1. The van der Waals surface area contributed by atoms with E-state index >= 15 is 0 Å². The number of ether oxygens (including phenoxy) is 1. The van der Waals surface area contributed by atoms with E-state index < -0.39 is 0 Å². The maximum Gasteiger partial charge on any atom is 0.252 e. The van der Waals surface area contributed by atoms with E-state index in [1.165, 1.54) is 19.3 Å². The van der Waals surface area contributed by atoms with Crippen molar-refractivity contribution in [2.75, 3.05) is 0 Å². The Bertz CT molecular complexity index is 349. The number of hydrogen-bond donors (Lipinski definition) is 0. The molecule has 0 amide bonds. The van der Waals surface area contributed by atoms with Gasteiger partial charge in [-0.05, 0) is 30.6 Å². The van der Waals surface area contributed by atoms with Crippen LogP contribution in [-0.2, 0) is 11.5 Å². The third kappa shape index (κ3) is 3.55. The van der Waals surface area contributed by atoms with Crippen molar-refractivity contribution >= 4 is 0 Å². The normalized spacial score (nSPS) is 28.6. The fourth-order valence-corrected chi connectivity index (χ4v) is 3.01. The molecule has 2 rings (SSSR count). The lowest BCUT2D eigenvalue weighted by Gasteiger charge is -2.36.